The molecule has 0 aromatic heterocycles. The molecular formula is C25H35NO2S. The van der Waals surface area contributed by atoms with Crippen LogP contribution in [0.4, 0.5) is 0 Å². The maximum absolute atomic E-state index is 12.3. The average Bonchev–Trinajstić information content (AvgIpc) is 3.03. The van der Waals surface area contributed by atoms with Crippen molar-refractivity contribution in [2.45, 2.75) is 82.3 Å². The Kier molecular flexibility index (Phi) is 4.73. The summed E-state index contributed by atoms with van der Waals surface area (Å²) in [5.41, 5.74) is 0.556. The van der Waals surface area contributed by atoms with E-state index in [-0.39, 0.29) is 5.41 Å². The number of ether oxygens (including phenoxy) is 1. The van der Waals surface area contributed by atoms with Crippen LogP contribution in [0, 0.1) is 28.6 Å². The third kappa shape index (κ3) is 2.88. The molecule has 1 aromatic rings. The van der Waals surface area contributed by atoms with Crippen molar-refractivity contribution in [2.24, 2.45) is 28.6 Å². The van der Waals surface area contributed by atoms with Crippen molar-refractivity contribution in [3.05, 3.63) is 24.3 Å². The van der Waals surface area contributed by atoms with Crippen LogP contribution in [-0.4, -0.2) is 30.0 Å². The molecule has 1 heterocycles. The van der Waals surface area contributed by atoms with E-state index >= 15 is 0 Å². The molecule has 0 radical (unpaired) electrons. The van der Waals surface area contributed by atoms with Crippen molar-refractivity contribution < 1.29 is 9.53 Å². The first-order valence-electron chi connectivity index (χ1n) is 11.5. The SMILES string of the molecule is CN1C(=O)CC[C@]2(C)[C@H]3CC[C@]4(C)[C@H](Oc5ccccc5S)CC[C@H]4[C@@H]3CC[C@@H]12. The molecule has 7 atom stereocenters. The molecular weight excluding hydrogens is 378 g/mol. The Bertz CT molecular complexity index is 812. The van der Waals surface area contributed by atoms with Gasteiger partial charge in [-0.3, -0.25) is 4.79 Å². The molecule has 3 nitrogen and oxygen atoms in total. The van der Waals surface area contributed by atoms with Gasteiger partial charge in [-0.2, -0.15) is 0 Å². The smallest absolute Gasteiger partial charge is 0.222 e. The van der Waals surface area contributed by atoms with Gasteiger partial charge in [-0.1, -0.05) is 26.0 Å². The van der Waals surface area contributed by atoms with Crippen molar-refractivity contribution in [3.8, 4) is 5.75 Å². The van der Waals surface area contributed by atoms with Crippen LogP contribution in [0.2, 0.25) is 0 Å². The van der Waals surface area contributed by atoms with Gasteiger partial charge in [0.1, 0.15) is 11.9 Å². The number of para-hydroxylation sites is 1. The number of carbonyl (C=O) groups excluding carboxylic acids is 1. The van der Waals surface area contributed by atoms with E-state index in [1.807, 2.05) is 25.2 Å². The van der Waals surface area contributed by atoms with Gasteiger partial charge in [-0.25, -0.2) is 0 Å². The predicted molar refractivity (Wildman–Crippen MR) is 118 cm³/mol. The van der Waals surface area contributed by atoms with E-state index in [0.717, 1.165) is 47.7 Å². The number of benzene rings is 1. The van der Waals surface area contributed by atoms with Gasteiger partial charge in [0.05, 0.1) is 0 Å². The fraction of sp³-hybridized carbons (Fsp3) is 0.720. The van der Waals surface area contributed by atoms with Crippen molar-refractivity contribution in [1.29, 1.82) is 0 Å². The van der Waals surface area contributed by atoms with E-state index in [4.69, 9.17) is 4.74 Å². The predicted octanol–water partition coefficient (Wildman–Crippen LogP) is 5.59. The summed E-state index contributed by atoms with van der Waals surface area (Å²) >= 11 is 4.61. The summed E-state index contributed by atoms with van der Waals surface area (Å²) in [7, 11) is 2.05. The summed E-state index contributed by atoms with van der Waals surface area (Å²) in [5.74, 6) is 3.58. The summed E-state index contributed by atoms with van der Waals surface area (Å²) in [4.78, 5) is 15.4. The van der Waals surface area contributed by atoms with Gasteiger partial charge < -0.3 is 9.64 Å². The molecule has 158 valence electrons. The second-order valence-corrected chi connectivity index (χ2v) is 11.2. The molecule has 29 heavy (non-hydrogen) atoms. The maximum atomic E-state index is 12.3. The first-order chi connectivity index (χ1) is 13.8. The monoisotopic (exact) mass is 413 g/mol. The van der Waals surface area contributed by atoms with Crippen LogP contribution in [0.1, 0.15) is 65.2 Å². The molecule has 3 saturated carbocycles. The fourth-order valence-corrected chi connectivity index (χ4v) is 8.22. The van der Waals surface area contributed by atoms with Gasteiger partial charge >= 0.3 is 0 Å². The van der Waals surface area contributed by atoms with E-state index in [2.05, 4.69) is 37.4 Å². The van der Waals surface area contributed by atoms with E-state index in [9.17, 15) is 4.79 Å². The first kappa shape index (κ1) is 19.8. The highest BCUT2D eigenvalue weighted by Gasteiger charge is 2.61. The summed E-state index contributed by atoms with van der Waals surface area (Å²) in [6, 6.07) is 8.59. The highest BCUT2D eigenvalue weighted by atomic mass is 32.1. The summed E-state index contributed by atoms with van der Waals surface area (Å²) in [6.07, 6.45) is 9.54. The summed E-state index contributed by atoms with van der Waals surface area (Å²) < 4.78 is 6.59. The second kappa shape index (κ2) is 6.93. The summed E-state index contributed by atoms with van der Waals surface area (Å²) in [5, 5.41) is 0. The molecule has 0 unspecified atom stereocenters. The lowest BCUT2D eigenvalue weighted by Crippen LogP contribution is -2.61. The number of rotatable bonds is 2. The van der Waals surface area contributed by atoms with E-state index < -0.39 is 0 Å². The van der Waals surface area contributed by atoms with Crippen LogP contribution in [0.25, 0.3) is 0 Å². The first-order valence-corrected chi connectivity index (χ1v) is 12.0. The third-order valence-electron chi connectivity index (χ3n) is 9.60. The number of piperidine rings is 1. The van der Waals surface area contributed by atoms with Crippen LogP contribution in [-0.2, 0) is 4.79 Å². The van der Waals surface area contributed by atoms with Gasteiger partial charge in [0.25, 0.3) is 0 Å². The Morgan fingerprint density at radius 3 is 2.55 bits per heavy atom. The van der Waals surface area contributed by atoms with Crippen molar-refractivity contribution in [3.63, 3.8) is 0 Å². The number of amides is 1. The van der Waals surface area contributed by atoms with Gasteiger partial charge in [0.15, 0.2) is 0 Å². The normalized spacial score (nSPS) is 44.1. The maximum Gasteiger partial charge on any atom is 0.222 e. The van der Waals surface area contributed by atoms with Gasteiger partial charge in [-0.15, -0.1) is 12.6 Å². The summed E-state index contributed by atoms with van der Waals surface area (Å²) in [6.45, 7) is 5.00. The molecule has 1 saturated heterocycles. The van der Waals surface area contributed by atoms with E-state index in [1.54, 1.807) is 0 Å². The third-order valence-corrected chi connectivity index (χ3v) is 9.97. The molecule has 5 rings (SSSR count). The number of likely N-dealkylation sites (tertiary alicyclic amines) is 1. The van der Waals surface area contributed by atoms with Crippen molar-refractivity contribution in [2.75, 3.05) is 7.05 Å². The van der Waals surface area contributed by atoms with Crippen molar-refractivity contribution in [1.82, 2.24) is 4.90 Å². The number of hydrogen-bond acceptors (Lipinski definition) is 3. The molecule has 0 bridgehead atoms. The van der Waals surface area contributed by atoms with Crippen molar-refractivity contribution >= 4 is 18.5 Å². The number of thiol groups is 1. The Morgan fingerprint density at radius 2 is 1.76 bits per heavy atom. The molecule has 4 heteroatoms. The van der Waals surface area contributed by atoms with Crippen LogP contribution in [0.3, 0.4) is 0 Å². The molecule has 1 amide bonds. The van der Waals surface area contributed by atoms with Crippen LogP contribution in [0.15, 0.2) is 29.2 Å². The lowest BCUT2D eigenvalue weighted by atomic mass is 9.47. The molecule has 0 spiro atoms. The molecule has 0 N–H and O–H groups in total. The molecule has 3 aliphatic carbocycles. The molecule has 4 fully saturated rings. The minimum absolute atomic E-state index is 0.261. The Balaban J connectivity index is 1.39. The number of hydrogen-bond donors (Lipinski definition) is 1. The minimum atomic E-state index is 0.261. The second-order valence-electron chi connectivity index (χ2n) is 10.7. The van der Waals surface area contributed by atoms with Gasteiger partial charge in [0, 0.05) is 29.8 Å². The van der Waals surface area contributed by atoms with E-state index in [0.29, 0.717) is 23.5 Å². The average molecular weight is 414 g/mol. The lowest BCUT2D eigenvalue weighted by molar-refractivity contribution is -0.159. The Labute approximate surface area is 181 Å². The highest BCUT2D eigenvalue weighted by Crippen LogP contribution is 2.65. The zero-order valence-electron chi connectivity index (χ0n) is 18.1. The standard InChI is InChI=1S/C25H35NO2S/c1-24-15-13-23(27)26(3)21(24)10-8-16-17-9-11-22(25(17,2)14-12-18(16)24)28-19-6-4-5-7-20(19)29/h4-7,16-18,21-22,29H,8-15H2,1-3H3/t16-,17-,18-,21+,22+,24+,25-/m0/s1. The quantitative estimate of drug-likeness (QED) is 0.641. The largest absolute Gasteiger partial charge is 0.489 e. The minimum Gasteiger partial charge on any atom is -0.489 e. The van der Waals surface area contributed by atoms with Crippen LogP contribution >= 0.6 is 12.6 Å². The van der Waals surface area contributed by atoms with Crippen LogP contribution < -0.4 is 4.74 Å². The van der Waals surface area contributed by atoms with E-state index in [1.165, 1.54) is 32.1 Å². The number of fused-ring (bicyclic) bond motifs is 5. The fourth-order valence-electron chi connectivity index (χ4n) is 8.01. The van der Waals surface area contributed by atoms with Gasteiger partial charge in [-0.05, 0) is 80.2 Å². The van der Waals surface area contributed by atoms with Crippen LogP contribution in [0.5, 0.6) is 5.75 Å². The lowest BCUT2D eigenvalue weighted by Gasteiger charge is -2.61. The molecule has 1 aromatic carbocycles. The zero-order valence-corrected chi connectivity index (χ0v) is 19.0. The number of nitrogens with zero attached hydrogens (tertiary/aromatic N) is 1. The Morgan fingerprint density at radius 1 is 1.00 bits per heavy atom. The molecule has 1 aliphatic heterocycles. The highest BCUT2D eigenvalue weighted by molar-refractivity contribution is 7.80. The Hall–Kier alpha value is -1.16. The molecule has 4 aliphatic rings. The topological polar surface area (TPSA) is 29.5 Å². The number of carbonyl (C=O) groups is 1. The zero-order chi connectivity index (χ0) is 20.4. The van der Waals surface area contributed by atoms with Gasteiger partial charge in [0.2, 0.25) is 5.91 Å².